The highest BCUT2D eigenvalue weighted by Gasteiger charge is 2.56. The molecule has 6 rings (SSSR count). The molecule has 4 N–H and O–H groups in total. The molecule has 3 aliphatic rings. The minimum absolute atomic E-state index is 0.000395. The van der Waals surface area contributed by atoms with Gasteiger partial charge >= 0.3 is 0 Å². The van der Waals surface area contributed by atoms with Gasteiger partial charge in [-0.2, -0.15) is 0 Å². The van der Waals surface area contributed by atoms with Gasteiger partial charge in [0.05, 0.1) is 6.10 Å². The van der Waals surface area contributed by atoms with E-state index in [0.717, 1.165) is 56.1 Å². The number of carbonyl (C=O) groups is 2. The highest BCUT2D eigenvalue weighted by atomic mass is 16.3. The maximum atomic E-state index is 12.9. The SMILES string of the molecule is CNC(=O)c1ccc(-c2ccc(C(=O)NCCCC3Cc4cc(O)ccc4C4CCC5(C)C(O)CCC5C34)cc2)cc1. The first-order valence-electron chi connectivity index (χ1n) is 15.5. The molecule has 6 nitrogen and oxygen atoms in total. The number of nitrogens with one attached hydrogen (secondary N) is 2. The zero-order valence-electron chi connectivity index (χ0n) is 24.6. The molecular formula is C36H42N2O4. The molecule has 0 spiro atoms. The molecule has 3 aliphatic carbocycles. The van der Waals surface area contributed by atoms with E-state index >= 15 is 0 Å². The van der Waals surface area contributed by atoms with Crippen molar-refractivity contribution in [1.82, 2.24) is 10.6 Å². The van der Waals surface area contributed by atoms with Crippen LogP contribution in [0, 0.1) is 23.2 Å². The highest BCUT2D eigenvalue weighted by Crippen LogP contribution is 2.62. The molecule has 0 radical (unpaired) electrons. The van der Waals surface area contributed by atoms with Crippen molar-refractivity contribution in [3.05, 3.63) is 89.0 Å². The second-order valence-electron chi connectivity index (χ2n) is 12.9. The molecule has 0 aromatic heterocycles. The Morgan fingerprint density at radius 2 is 1.57 bits per heavy atom. The van der Waals surface area contributed by atoms with Crippen LogP contribution in [0.4, 0.5) is 0 Å². The number of hydrogen-bond donors (Lipinski definition) is 4. The van der Waals surface area contributed by atoms with Gasteiger partial charge in [0.1, 0.15) is 5.75 Å². The molecule has 2 amide bonds. The summed E-state index contributed by atoms with van der Waals surface area (Å²) < 4.78 is 0. The van der Waals surface area contributed by atoms with Gasteiger partial charge in [0.15, 0.2) is 0 Å². The van der Waals surface area contributed by atoms with Crippen molar-refractivity contribution in [3.63, 3.8) is 0 Å². The maximum absolute atomic E-state index is 12.9. The molecule has 0 bridgehead atoms. The molecule has 42 heavy (non-hydrogen) atoms. The average molecular weight is 567 g/mol. The molecule has 2 fully saturated rings. The predicted molar refractivity (Wildman–Crippen MR) is 164 cm³/mol. The van der Waals surface area contributed by atoms with Crippen molar-refractivity contribution in [3.8, 4) is 16.9 Å². The lowest BCUT2D eigenvalue weighted by Crippen LogP contribution is -2.47. The number of aliphatic hydroxyl groups is 1. The van der Waals surface area contributed by atoms with Crippen LogP contribution in [0.2, 0.25) is 0 Å². The number of phenolic OH excluding ortho intramolecular Hbond substituents is 1. The number of aliphatic hydroxyl groups excluding tert-OH is 1. The van der Waals surface area contributed by atoms with Crippen molar-refractivity contribution < 1.29 is 19.8 Å². The van der Waals surface area contributed by atoms with Crippen molar-refractivity contribution in [2.75, 3.05) is 13.6 Å². The Morgan fingerprint density at radius 1 is 0.905 bits per heavy atom. The largest absolute Gasteiger partial charge is 0.508 e. The summed E-state index contributed by atoms with van der Waals surface area (Å²) in [5, 5.41) is 26.9. The minimum atomic E-state index is -0.210. The van der Waals surface area contributed by atoms with Gasteiger partial charge in [-0.05, 0) is 133 Å². The summed E-state index contributed by atoms with van der Waals surface area (Å²) in [6.45, 7) is 2.92. The molecule has 2 saturated carbocycles. The number of benzene rings is 3. The molecule has 3 aromatic carbocycles. The molecule has 0 aliphatic heterocycles. The van der Waals surface area contributed by atoms with Gasteiger partial charge in [0.2, 0.25) is 0 Å². The smallest absolute Gasteiger partial charge is 0.251 e. The number of rotatable bonds is 7. The number of phenols is 1. The van der Waals surface area contributed by atoms with Gasteiger partial charge in [-0.1, -0.05) is 37.3 Å². The predicted octanol–water partition coefficient (Wildman–Crippen LogP) is 6.07. The fourth-order valence-electron chi connectivity index (χ4n) is 8.47. The fourth-order valence-corrected chi connectivity index (χ4v) is 8.47. The highest BCUT2D eigenvalue weighted by molar-refractivity contribution is 5.95. The van der Waals surface area contributed by atoms with Crippen LogP contribution in [0.15, 0.2) is 66.7 Å². The second-order valence-corrected chi connectivity index (χ2v) is 12.9. The maximum Gasteiger partial charge on any atom is 0.251 e. The average Bonchev–Trinajstić information content (AvgIpc) is 3.32. The van der Waals surface area contributed by atoms with E-state index in [1.807, 2.05) is 48.5 Å². The van der Waals surface area contributed by atoms with Crippen LogP contribution in [-0.4, -0.2) is 41.7 Å². The summed E-state index contributed by atoms with van der Waals surface area (Å²) in [7, 11) is 1.62. The first-order valence-corrected chi connectivity index (χ1v) is 15.5. The third-order valence-electron chi connectivity index (χ3n) is 10.7. The van der Waals surface area contributed by atoms with Gasteiger partial charge in [0, 0.05) is 24.7 Å². The van der Waals surface area contributed by atoms with Crippen molar-refractivity contribution >= 4 is 11.8 Å². The van der Waals surface area contributed by atoms with E-state index in [2.05, 4.69) is 23.6 Å². The van der Waals surface area contributed by atoms with Crippen molar-refractivity contribution in [2.24, 2.45) is 23.2 Å². The monoisotopic (exact) mass is 566 g/mol. The van der Waals surface area contributed by atoms with Crippen LogP contribution in [0.1, 0.15) is 83.2 Å². The topological polar surface area (TPSA) is 98.7 Å². The first kappa shape index (κ1) is 28.5. The molecule has 3 aromatic rings. The summed E-state index contributed by atoms with van der Waals surface area (Å²) in [4.78, 5) is 24.7. The Hall–Kier alpha value is -3.64. The molecule has 220 valence electrons. The van der Waals surface area contributed by atoms with E-state index in [0.29, 0.717) is 47.1 Å². The zero-order chi connectivity index (χ0) is 29.4. The summed E-state index contributed by atoms with van der Waals surface area (Å²) >= 11 is 0. The lowest BCUT2D eigenvalue weighted by molar-refractivity contribution is -0.0395. The molecule has 6 atom stereocenters. The van der Waals surface area contributed by atoms with Crippen LogP contribution >= 0.6 is 0 Å². The number of carbonyl (C=O) groups excluding carboxylic acids is 2. The van der Waals surface area contributed by atoms with E-state index in [-0.39, 0.29) is 23.3 Å². The van der Waals surface area contributed by atoms with E-state index in [1.54, 1.807) is 19.2 Å². The zero-order valence-corrected chi connectivity index (χ0v) is 24.6. The third-order valence-corrected chi connectivity index (χ3v) is 10.7. The third kappa shape index (κ3) is 5.22. The molecule has 6 heteroatoms. The standard InChI is InChI=1S/C36H42N2O4/c1-36-18-17-30-29-14-13-28(39)21-27(29)20-26(33(30)31(36)15-16-32(36)40)4-3-19-38-35(42)25-11-7-23(8-12-25)22-5-9-24(10-6-22)34(41)37-2/h5-14,21,26,30-33,39-40H,3-4,15-20H2,1-2H3,(H,37,41)(H,38,42). The van der Waals surface area contributed by atoms with E-state index in [1.165, 1.54) is 11.1 Å². The van der Waals surface area contributed by atoms with Gasteiger partial charge in [0.25, 0.3) is 11.8 Å². The minimum Gasteiger partial charge on any atom is -0.508 e. The Bertz CT molecular complexity index is 1450. The van der Waals surface area contributed by atoms with Crippen LogP contribution in [-0.2, 0) is 6.42 Å². The lowest BCUT2D eigenvalue weighted by atomic mass is 9.52. The number of aromatic hydroxyl groups is 1. The van der Waals surface area contributed by atoms with E-state index < -0.39 is 0 Å². The Kier molecular flexibility index (Phi) is 7.84. The Morgan fingerprint density at radius 3 is 2.24 bits per heavy atom. The normalized spacial score (nSPS) is 27.8. The summed E-state index contributed by atoms with van der Waals surface area (Å²) in [5.74, 6) is 2.16. The first-order chi connectivity index (χ1) is 20.3. The van der Waals surface area contributed by atoms with Gasteiger partial charge in [-0.15, -0.1) is 0 Å². The summed E-state index contributed by atoms with van der Waals surface area (Å²) in [6, 6.07) is 20.9. The van der Waals surface area contributed by atoms with Crippen molar-refractivity contribution in [2.45, 2.75) is 63.9 Å². The van der Waals surface area contributed by atoms with Crippen LogP contribution in [0.5, 0.6) is 5.75 Å². The molecular weight excluding hydrogens is 524 g/mol. The lowest BCUT2D eigenvalue weighted by Gasteiger charge is -2.53. The van der Waals surface area contributed by atoms with Gasteiger partial charge in [-0.3, -0.25) is 9.59 Å². The Balaban J connectivity index is 1.08. The van der Waals surface area contributed by atoms with Gasteiger partial charge < -0.3 is 20.8 Å². The fraction of sp³-hybridized carbons (Fsp3) is 0.444. The van der Waals surface area contributed by atoms with E-state index in [9.17, 15) is 19.8 Å². The van der Waals surface area contributed by atoms with Crippen LogP contribution in [0.3, 0.4) is 0 Å². The quantitative estimate of drug-likeness (QED) is 0.261. The molecule has 6 unspecified atom stereocenters. The van der Waals surface area contributed by atoms with Crippen LogP contribution in [0.25, 0.3) is 11.1 Å². The molecule has 0 saturated heterocycles. The number of amides is 2. The summed E-state index contributed by atoms with van der Waals surface area (Å²) in [5.41, 5.74) is 5.90. The molecule has 0 heterocycles. The van der Waals surface area contributed by atoms with Crippen molar-refractivity contribution in [1.29, 1.82) is 0 Å². The van der Waals surface area contributed by atoms with E-state index in [4.69, 9.17) is 0 Å². The second kappa shape index (κ2) is 11.6. The van der Waals surface area contributed by atoms with Gasteiger partial charge in [-0.25, -0.2) is 0 Å². The number of fused-ring (bicyclic) bond motifs is 5. The van der Waals surface area contributed by atoms with Crippen LogP contribution < -0.4 is 10.6 Å². The Labute approximate surface area is 248 Å². The number of hydrogen-bond acceptors (Lipinski definition) is 4. The summed E-state index contributed by atoms with van der Waals surface area (Å²) in [6.07, 6.45) is 6.80.